The van der Waals surface area contributed by atoms with Crippen LogP contribution >= 0.6 is 0 Å². The van der Waals surface area contributed by atoms with Gasteiger partial charge in [0.15, 0.2) is 11.5 Å². The van der Waals surface area contributed by atoms with Gasteiger partial charge in [0.25, 0.3) is 0 Å². The fraction of sp³-hybridized carbons (Fsp3) is 0.647. The summed E-state index contributed by atoms with van der Waals surface area (Å²) < 4.78 is 11.4. The lowest BCUT2D eigenvalue weighted by Crippen LogP contribution is -2.48. The van der Waals surface area contributed by atoms with Crippen molar-refractivity contribution in [2.45, 2.75) is 38.5 Å². The zero-order chi connectivity index (χ0) is 14.0. The molecule has 1 saturated carbocycles. The van der Waals surface area contributed by atoms with Gasteiger partial charge >= 0.3 is 0 Å². The molecule has 3 nitrogen and oxygen atoms in total. The molecule has 0 saturated heterocycles. The summed E-state index contributed by atoms with van der Waals surface area (Å²) in [6.45, 7) is 7.89. The van der Waals surface area contributed by atoms with Crippen LogP contribution < -0.4 is 14.8 Å². The van der Waals surface area contributed by atoms with E-state index in [-0.39, 0.29) is 0 Å². The SMILES string of the molecule is CCNCC1(c2ccc3c(c2)OCCO3)CC(CC)C1. The molecule has 1 N–H and O–H groups in total. The smallest absolute Gasteiger partial charge is 0.161 e. The van der Waals surface area contributed by atoms with Gasteiger partial charge in [-0.25, -0.2) is 0 Å². The van der Waals surface area contributed by atoms with E-state index in [2.05, 4.69) is 37.4 Å². The van der Waals surface area contributed by atoms with Gasteiger partial charge in [-0.1, -0.05) is 26.3 Å². The topological polar surface area (TPSA) is 30.5 Å². The average molecular weight is 275 g/mol. The maximum absolute atomic E-state index is 5.74. The molecule has 3 heteroatoms. The molecule has 0 aromatic heterocycles. The van der Waals surface area contributed by atoms with Gasteiger partial charge in [0.05, 0.1) is 0 Å². The molecule has 0 atom stereocenters. The van der Waals surface area contributed by atoms with Gasteiger partial charge in [0.2, 0.25) is 0 Å². The van der Waals surface area contributed by atoms with E-state index in [0.29, 0.717) is 18.6 Å². The van der Waals surface area contributed by atoms with Gasteiger partial charge in [0.1, 0.15) is 13.2 Å². The molecule has 1 aliphatic carbocycles. The van der Waals surface area contributed by atoms with Gasteiger partial charge in [0, 0.05) is 12.0 Å². The van der Waals surface area contributed by atoms with Gasteiger partial charge in [-0.05, 0) is 43.0 Å². The van der Waals surface area contributed by atoms with Crippen molar-refractivity contribution in [1.82, 2.24) is 5.32 Å². The predicted molar refractivity (Wildman–Crippen MR) is 80.7 cm³/mol. The quantitative estimate of drug-likeness (QED) is 0.895. The Morgan fingerprint density at radius 3 is 2.60 bits per heavy atom. The molecule has 1 aromatic carbocycles. The molecule has 0 spiro atoms. The van der Waals surface area contributed by atoms with Crippen molar-refractivity contribution in [2.75, 3.05) is 26.3 Å². The van der Waals surface area contributed by atoms with E-state index >= 15 is 0 Å². The first-order valence-electron chi connectivity index (χ1n) is 7.88. The third-order valence-electron chi connectivity index (χ3n) is 4.80. The number of nitrogens with one attached hydrogen (secondary N) is 1. The highest BCUT2D eigenvalue weighted by atomic mass is 16.6. The minimum Gasteiger partial charge on any atom is -0.486 e. The van der Waals surface area contributed by atoms with Crippen LogP contribution in [0.15, 0.2) is 18.2 Å². The summed E-state index contributed by atoms with van der Waals surface area (Å²) in [7, 11) is 0. The Balaban J connectivity index is 1.84. The molecule has 20 heavy (non-hydrogen) atoms. The van der Waals surface area contributed by atoms with Crippen molar-refractivity contribution < 1.29 is 9.47 Å². The van der Waals surface area contributed by atoms with Crippen LogP contribution in [-0.4, -0.2) is 26.3 Å². The van der Waals surface area contributed by atoms with E-state index in [1.165, 1.54) is 24.8 Å². The molecule has 1 heterocycles. The Labute approximate surface area is 121 Å². The number of rotatable bonds is 5. The zero-order valence-corrected chi connectivity index (χ0v) is 12.6. The fourth-order valence-electron chi connectivity index (χ4n) is 3.55. The molecule has 0 bridgehead atoms. The maximum atomic E-state index is 5.74. The molecule has 1 aliphatic heterocycles. The van der Waals surface area contributed by atoms with Crippen LogP contribution in [0.1, 0.15) is 38.7 Å². The summed E-state index contributed by atoms with van der Waals surface area (Å²) in [5.74, 6) is 2.69. The summed E-state index contributed by atoms with van der Waals surface area (Å²) in [6, 6.07) is 6.52. The Bertz CT molecular complexity index is 461. The lowest BCUT2D eigenvalue weighted by Gasteiger charge is -2.48. The van der Waals surface area contributed by atoms with E-state index in [1.54, 1.807) is 0 Å². The molecular weight excluding hydrogens is 250 g/mol. The molecule has 0 radical (unpaired) electrons. The highest BCUT2D eigenvalue weighted by Crippen LogP contribution is 2.50. The second-order valence-corrected chi connectivity index (χ2v) is 6.10. The monoisotopic (exact) mass is 275 g/mol. The van der Waals surface area contributed by atoms with Crippen molar-refractivity contribution in [3.8, 4) is 11.5 Å². The molecule has 0 unspecified atom stereocenters. The number of hydrogen-bond donors (Lipinski definition) is 1. The van der Waals surface area contributed by atoms with Crippen molar-refractivity contribution in [1.29, 1.82) is 0 Å². The Morgan fingerprint density at radius 2 is 1.90 bits per heavy atom. The number of benzene rings is 1. The van der Waals surface area contributed by atoms with Crippen LogP contribution in [-0.2, 0) is 5.41 Å². The van der Waals surface area contributed by atoms with E-state index in [0.717, 1.165) is 30.5 Å². The number of hydrogen-bond acceptors (Lipinski definition) is 3. The minimum atomic E-state index is 0.298. The average Bonchev–Trinajstić information content (AvgIpc) is 2.46. The van der Waals surface area contributed by atoms with Crippen molar-refractivity contribution >= 4 is 0 Å². The van der Waals surface area contributed by atoms with E-state index in [4.69, 9.17) is 9.47 Å². The molecular formula is C17H25NO2. The minimum absolute atomic E-state index is 0.298. The van der Waals surface area contributed by atoms with Crippen LogP contribution in [0.25, 0.3) is 0 Å². The van der Waals surface area contributed by atoms with Crippen LogP contribution in [0.4, 0.5) is 0 Å². The lowest BCUT2D eigenvalue weighted by atomic mass is 9.58. The second kappa shape index (κ2) is 5.65. The maximum Gasteiger partial charge on any atom is 0.161 e. The predicted octanol–water partition coefficient (Wildman–Crippen LogP) is 3.13. The van der Waals surface area contributed by atoms with Gasteiger partial charge in [-0.2, -0.15) is 0 Å². The largest absolute Gasteiger partial charge is 0.486 e. The lowest BCUT2D eigenvalue weighted by molar-refractivity contribution is 0.132. The first kappa shape index (κ1) is 13.7. The Kier molecular flexibility index (Phi) is 3.88. The van der Waals surface area contributed by atoms with Crippen molar-refractivity contribution in [3.05, 3.63) is 23.8 Å². The van der Waals surface area contributed by atoms with E-state index in [9.17, 15) is 0 Å². The molecule has 0 amide bonds. The van der Waals surface area contributed by atoms with Crippen molar-refractivity contribution in [3.63, 3.8) is 0 Å². The van der Waals surface area contributed by atoms with Gasteiger partial charge in [-0.15, -0.1) is 0 Å². The van der Waals surface area contributed by atoms with E-state index < -0.39 is 0 Å². The second-order valence-electron chi connectivity index (χ2n) is 6.10. The third kappa shape index (κ3) is 2.39. The number of fused-ring (bicyclic) bond motifs is 1. The molecule has 2 aliphatic rings. The summed E-state index contributed by atoms with van der Waals surface area (Å²) >= 11 is 0. The summed E-state index contributed by atoms with van der Waals surface area (Å²) in [4.78, 5) is 0. The van der Waals surface area contributed by atoms with Crippen LogP contribution in [0.3, 0.4) is 0 Å². The molecule has 3 rings (SSSR count). The summed E-state index contributed by atoms with van der Waals surface area (Å²) in [5.41, 5.74) is 1.71. The van der Waals surface area contributed by atoms with Crippen LogP contribution in [0, 0.1) is 5.92 Å². The standard InChI is InChI=1S/C17H25NO2/c1-3-13-10-17(11-13,12-18-4-2)14-5-6-15-16(9-14)20-8-7-19-15/h5-6,9,13,18H,3-4,7-8,10-12H2,1-2H3. The van der Waals surface area contributed by atoms with Crippen LogP contribution in [0.5, 0.6) is 11.5 Å². The van der Waals surface area contributed by atoms with Gasteiger partial charge in [-0.3, -0.25) is 0 Å². The Hall–Kier alpha value is -1.22. The molecule has 1 aromatic rings. The Morgan fingerprint density at radius 1 is 1.15 bits per heavy atom. The highest BCUT2D eigenvalue weighted by Gasteiger charge is 2.44. The molecule has 110 valence electrons. The zero-order valence-electron chi connectivity index (χ0n) is 12.6. The summed E-state index contributed by atoms with van der Waals surface area (Å²) in [6.07, 6.45) is 3.87. The first-order chi connectivity index (χ1) is 9.77. The first-order valence-corrected chi connectivity index (χ1v) is 7.88. The van der Waals surface area contributed by atoms with Crippen molar-refractivity contribution in [2.24, 2.45) is 5.92 Å². The van der Waals surface area contributed by atoms with Crippen LogP contribution in [0.2, 0.25) is 0 Å². The third-order valence-corrected chi connectivity index (χ3v) is 4.80. The summed E-state index contributed by atoms with van der Waals surface area (Å²) in [5, 5.41) is 3.54. The normalized spacial score (nSPS) is 28.0. The van der Waals surface area contributed by atoms with Gasteiger partial charge < -0.3 is 14.8 Å². The number of ether oxygens (including phenoxy) is 2. The molecule has 1 fully saturated rings. The fourth-order valence-corrected chi connectivity index (χ4v) is 3.55. The highest BCUT2D eigenvalue weighted by molar-refractivity contribution is 5.47. The van der Waals surface area contributed by atoms with E-state index in [1.807, 2.05) is 0 Å². The number of likely N-dealkylation sites (N-methyl/N-ethyl adjacent to an activating group) is 1.